The lowest BCUT2D eigenvalue weighted by Crippen LogP contribution is -2.30. The SMILES string of the molecule is CCOC(=O)/C(=N\O)C1=NN=C(N)SC1. The van der Waals surface area contributed by atoms with Gasteiger partial charge in [-0.2, -0.15) is 0 Å². The monoisotopic (exact) mass is 230 g/mol. The molecule has 0 unspecified atom stereocenters. The maximum atomic E-state index is 11.3. The minimum absolute atomic E-state index is 0.198. The number of nitrogens with two attached hydrogens (primary N) is 1. The molecule has 0 atom stereocenters. The molecule has 0 aliphatic carbocycles. The van der Waals surface area contributed by atoms with Gasteiger partial charge < -0.3 is 15.7 Å². The zero-order valence-corrected chi connectivity index (χ0v) is 8.82. The average molecular weight is 230 g/mol. The molecule has 3 N–H and O–H groups in total. The Balaban J connectivity index is 2.81. The Morgan fingerprint density at radius 3 is 2.93 bits per heavy atom. The Hall–Kier alpha value is -1.57. The molecule has 82 valence electrons. The van der Waals surface area contributed by atoms with Gasteiger partial charge in [-0.25, -0.2) is 4.79 Å². The Morgan fingerprint density at radius 2 is 2.47 bits per heavy atom. The molecule has 0 fully saturated rings. The molecule has 0 bridgehead atoms. The van der Waals surface area contributed by atoms with Crippen LogP contribution in [0.1, 0.15) is 6.92 Å². The van der Waals surface area contributed by atoms with E-state index in [9.17, 15) is 4.79 Å². The molecule has 1 aliphatic heterocycles. The van der Waals surface area contributed by atoms with Crippen LogP contribution in [-0.4, -0.2) is 40.1 Å². The van der Waals surface area contributed by atoms with E-state index in [-0.39, 0.29) is 18.0 Å². The normalized spacial score (nSPS) is 16.7. The minimum Gasteiger partial charge on any atom is -0.461 e. The second-order valence-corrected chi connectivity index (χ2v) is 3.44. The second-order valence-electron chi connectivity index (χ2n) is 2.44. The van der Waals surface area contributed by atoms with E-state index in [1.54, 1.807) is 6.92 Å². The number of carbonyl (C=O) groups is 1. The number of hydrogen-bond donors (Lipinski definition) is 2. The standard InChI is InChI=1S/C7H10N4O3S/c1-2-14-6(12)5(11-13)4-3-15-7(8)10-9-4/h13H,2-3H2,1H3,(H2,8,10)/b11-5-. The van der Waals surface area contributed by atoms with Gasteiger partial charge >= 0.3 is 5.97 Å². The fraction of sp³-hybridized carbons (Fsp3) is 0.429. The van der Waals surface area contributed by atoms with Crippen LogP contribution in [0.15, 0.2) is 15.4 Å². The summed E-state index contributed by atoms with van der Waals surface area (Å²) in [6, 6.07) is 0. The molecule has 1 heterocycles. The van der Waals surface area contributed by atoms with Crippen molar-refractivity contribution in [2.24, 2.45) is 21.1 Å². The molecule has 0 spiro atoms. The summed E-state index contributed by atoms with van der Waals surface area (Å²) in [5.74, 6) is -0.400. The summed E-state index contributed by atoms with van der Waals surface area (Å²) in [5, 5.41) is 19.0. The molecule has 7 nitrogen and oxygen atoms in total. The largest absolute Gasteiger partial charge is 0.461 e. The van der Waals surface area contributed by atoms with E-state index >= 15 is 0 Å². The van der Waals surface area contributed by atoms with Gasteiger partial charge in [0, 0.05) is 5.75 Å². The van der Waals surface area contributed by atoms with Crippen LogP contribution in [0.5, 0.6) is 0 Å². The first-order valence-corrected chi connectivity index (χ1v) is 5.10. The highest BCUT2D eigenvalue weighted by atomic mass is 32.2. The molecule has 8 heteroatoms. The van der Waals surface area contributed by atoms with Gasteiger partial charge in [-0.15, -0.1) is 10.2 Å². The number of carbonyl (C=O) groups excluding carboxylic acids is 1. The maximum Gasteiger partial charge on any atom is 0.362 e. The summed E-state index contributed by atoms with van der Waals surface area (Å²) in [6.45, 7) is 1.85. The van der Waals surface area contributed by atoms with Crippen LogP contribution in [-0.2, 0) is 9.53 Å². The van der Waals surface area contributed by atoms with Gasteiger partial charge in [0.05, 0.1) is 6.61 Å². The van der Waals surface area contributed by atoms with Crippen LogP contribution in [0.25, 0.3) is 0 Å². The lowest BCUT2D eigenvalue weighted by molar-refractivity contribution is -0.134. The molecule has 0 saturated heterocycles. The number of amidine groups is 1. The predicted molar refractivity (Wildman–Crippen MR) is 57.4 cm³/mol. The zero-order chi connectivity index (χ0) is 11.3. The van der Waals surface area contributed by atoms with Crippen molar-refractivity contribution in [3.63, 3.8) is 0 Å². The Bertz CT molecular complexity index is 350. The van der Waals surface area contributed by atoms with Crippen molar-refractivity contribution in [1.82, 2.24) is 0 Å². The van der Waals surface area contributed by atoms with Crippen LogP contribution >= 0.6 is 11.8 Å². The number of oxime groups is 1. The van der Waals surface area contributed by atoms with Gasteiger partial charge in [-0.1, -0.05) is 16.9 Å². The van der Waals surface area contributed by atoms with E-state index in [2.05, 4.69) is 20.1 Å². The number of thioether (sulfide) groups is 1. The number of ether oxygens (including phenoxy) is 1. The first-order valence-electron chi connectivity index (χ1n) is 4.11. The van der Waals surface area contributed by atoms with Crippen molar-refractivity contribution in [3.8, 4) is 0 Å². The van der Waals surface area contributed by atoms with E-state index in [0.29, 0.717) is 10.9 Å². The molecular formula is C7H10N4O3S. The molecule has 0 aromatic heterocycles. The van der Waals surface area contributed by atoms with Crippen molar-refractivity contribution < 1.29 is 14.7 Å². The first-order chi connectivity index (χ1) is 7.19. The van der Waals surface area contributed by atoms with E-state index < -0.39 is 5.97 Å². The molecule has 0 aromatic rings. The second kappa shape index (κ2) is 5.35. The van der Waals surface area contributed by atoms with Gasteiger partial charge in [-0.3, -0.25) is 0 Å². The summed E-state index contributed by atoms with van der Waals surface area (Å²) in [4.78, 5) is 11.3. The van der Waals surface area contributed by atoms with Crippen molar-refractivity contribution in [2.75, 3.05) is 12.4 Å². The summed E-state index contributed by atoms with van der Waals surface area (Å²) >= 11 is 1.20. The third-order valence-corrected chi connectivity index (χ3v) is 2.26. The molecule has 0 amide bonds. The lowest BCUT2D eigenvalue weighted by Gasteiger charge is -2.09. The molecule has 15 heavy (non-hydrogen) atoms. The molecule has 1 rings (SSSR count). The van der Waals surface area contributed by atoms with Crippen LogP contribution < -0.4 is 5.73 Å². The first kappa shape index (κ1) is 11.5. The molecular weight excluding hydrogens is 220 g/mol. The molecule has 1 aliphatic rings. The Kier molecular flexibility index (Phi) is 4.10. The van der Waals surface area contributed by atoms with Crippen molar-refractivity contribution >= 4 is 34.3 Å². The Labute approximate surface area is 90.1 Å². The minimum atomic E-state index is -0.727. The highest BCUT2D eigenvalue weighted by Crippen LogP contribution is 2.08. The van der Waals surface area contributed by atoms with Gasteiger partial charge in [0.15, 0.2) is 5.17 Å². The molecule has 0 aromatic carbocycles. The van der Waals surface area contributed by atoms with Crippen LogP contribution in [0.3, 0.4) is 0 Å². The van der Waals surface area contributed by atoms with Gasteiger partial charge in [0.25, 0.3) is 0 Å². The van der Waals surface area contributed by atoms with Crippen LogP contribution in [0.2, 0.25) is 0 Å². The van der Waals surface area contributed by atoms with Crippen molar-refractivity contribution in [1.29, 1.82) is 0 Å². The van der Waals surface area contributed by atoms with Crippen molar-refractivity contribution in [2.45, 2.75) is 6.92 Å². The quantitative estimate of drug-likeness (QED) is 0.302. The number of nitrogens with zero attached hydrogens (tertiary/aromatic N) is 3. The molecule has 0 radical (unpaired) electrons. The van der Waals surface area contributed by atoms with Gasteiger partial charge in [-0.05, 0) is 6.92 Å². The number of hydrogen-bond acceptors (Lipinski definition) is 8. The third kappa shape index (κ3) is 2.94. The van der Waals surface area contributed by atoms with Crippen LogP contribution in [0.4, 0.5) is 0 Å². The number of rotatable bonds is 3. The van der Waals surface area contributed by atoms with E-state index in [0.717, 1.165) is 0 Å². The number of esters is 1. The maximum absolute atomic E-state index is 11.3. The Morgan fingerprint density at radius 1 is 1.73 bits per heavy atom. The summed E-state index contributed by atoms with van der Waals surface area (Å²) in [5.41, 5.74) is 5.37. The van der Waals surface area contributed by atoms with E-state index in [1.807, 2.05) is 0 Å². The van der Waals surface area contributed by atoms with E-state index in [4.69, 9.17) is 10.9 Å². The summed E-state index contributed by atoms with van der Waals surface area (Å²) in [7, 11) is 0. The smallest absolute Gasteiger partial charge is 0.362 e. The van der Waals surface area contributed by atoms with E-state index in [1.165, 1.54) is 11.8 Å². The van der Waals surface area contributed by atoms with Crippen LogP contribution in [0, 0.1) is 0 Å². The molecule has 0 saturated carbocycles. The highest BCUT2D eigenvalue weighted by molar-refractivity contribution is 8.14. The van der Waals surface area contributed by atoms with Gasteiger partial charge in [0.1, 0.15) is 5.71 Å². The summed E-state index contributed by atoms with van der Waals surface area (Å²) in [6.07, 6.45) is 0. The zero-order valence-electron chi connectivity index (χ0n) is 8.01. The predicted octanol–water partition coefficient (Wildman–Crippen LogP) is -0.203. The van der Waals surface area contributed by atoms with Gasteiger partial charge in [0.2, 0.25) is 5.71 Å². The summed E-state index contributed by atoms with van der Waals surface area (Å²) < 4.78 is 4.68. The lowest BCUT2D eigenvalue weighted by atomic mass is 10.2. The van der Waals surface area contributed by atoms with Crippen molar-refractivity contribution in [3.05, 3.63) is 0 Å². The fourth-order valence-corrected chi connectivity index (χ4v) is 1.42. The fourth-order valence-electron chi connectivity index (χ4n) is 0.841. The highest BCUT2D eigenvalue weighted by Gasteiger charge is 2.23. The third-order valence-electron chi connectivity index (χ3n) is 1.47. The topological polar surface area (TPSA) is 110 Å². The average Bonchev–Trinajstić information content (AvgIpc) is 2.22.